The van der Waals surface area contributed by atoms with Crippen molar-refractivity contribution in [1.82, 2.24) is 9.55 Å². The topological polar surface area (TPSA) is 55.8 Å². The Morgan fingerprint density at radius 2 is 2.07 bits per heavy atom. The number of halogens is 1. The zero-order chi connectivity index (χ0) is 18.4. The third-order valence-corrected chi connectivity index (χ3v) is 4.89. The largest absolute Gasteiger partial charge is 0.453 e. The quantitative estimate of drug-likeness (QED) is 0.495. The first-order valence-electron chi connectivity index (χ1n) is 8.43. The van der Waals surface area contributed by atoms with Crippen molar-refractivity contribution < 1.29 is 9.15 Å². The van der Waals surface area contributed by atoms with E-state index in [0.29, 0.717) is 34.3 Å². The fourth-order valence-electron chi connectivity index (χ4n) is 3.22. The van der Waals surface area contributed by atoms with Gasteiger partial charge in [0.15, 0.2) is 23.2 Å². The molecule has 0 N–H and O–H groups in total. The van der Waals surface area contributed by atoms with Crippen molar-refractivity contribution in [3.8, 4) is 11.5 Å². The van der Waals surface area contributed by atoms with Crippen molar-refractivity contribution in [2.45, 2.75) is 0 Å². The Balaban J connectivity index is 1.48. The van der Waals surface area contributed by atoms with E-state index in [2.05, 4.69) is 20.9 Å². The van der Waals surface area contributed by atoms with Gasteiger partial charge in [0.1, 0.15) is 12.4 Å². The molecule has 1 aliphatic heterocycles. The van der Waals surface area contributed by atoms with Gasteiger partial charge in [0, 0.05) is 25.1 Å². The van der Waals surface area contributed by atoms with Crippen LogP contribution in [0.25, 0.3) is 11.1 Å². The van der Waals surface area contributed by atoms with E-state index in [9.17, 15) is 0 Å². The zero-order valence-electron chi connectivity index (χ0n) is 14.5. The van der Waals surface area contributed by atoms with Gasteiger partial charge in [0.2, 0.25) is 0 Å². The van der Waals surface area contributed by atoms with Crippen LogP contribution in [0.15, 0.2) is 64.5 Å². The summed E-state index contributed by atoms with van der Waals surface area (Å²) in [6.07, 6.45) is 5.31. The molecular weight excluding hydrogens is 364 g/mol. The highest BCUT2D eigenvalue weighted by molar-refractivity contribution is 6.32. The van der Waals surface area contributed by atoms with E-state index >= 15 is 0 Å². The Kier molecular flexibility index (Phi) is 3.65. The summed E-state index contributed by atoms with van der Waals surface area (Å²) in [5, 5.41) is 0.514. The summed E-state index contributed by atoms with van der Waals surface area (Å²) in [7, 11) is 2.00. The molecule has 0 amide bonds. The van der Waals surface area contributed by atoms with Gasteiger partial charge < -0.3 is 18.6 Å². The molecule has 0 fully saturated rings. The fraction of sp³-hybridized carbons (Fsp3) is 0.100. The van der Waals surface area contributed by atoms with E-state index in [1.54, 1.807) is 0 Å². The SMILES string of the molecule is Cn1ccc2c1C=NCN2c1ccc(Oc2cccc3ocnc23)c(Cl)c1. The first kappa shape index (κ1) is 16.0. The second kappa shape index (κ2) is 6.17. The maximum atomic E-state index is 6.52. The van der Waals surface area contributed by atoms with Crippen LogP contribution in [0.1, 0.15) is 5.69 Å². The number of nitrogens with zero attached hydrogens (tertiary/aromatic N) is 4. The van der Waals surface area contributed by atoms with Crippen LogP contribution in [0.4, 0.5) is 11.4 Å². The molecule has 0 radical (unpaired) electrons. The summed E-state index contributed by atoms with van der Waals surface area (Å²) in [6.45, 7) is 0.547. The van der Waals surface area contributed by atoms with Crippen molar-refractivity contribution in [2.75, 3.05) is 11.6 Å². The van der Waals surface area contributed by atoms with Crippen LogP contribution < -0.4 is 9.64 Å². The van der Waals surface area contributed by atoms with Crippen LogP contribution in [0.5, 0.6) is 11.5 Å². The number of aromatic nitrogens is 2. The Morgan fingerprint density at radius 1 is 1.15 bits per heavy atom. The average molecular weight is 379 g/mol. The van der Waals surface area contributed by atoms with Gasteiger partial charge in [0.25, 0.3) is 0 Å². The number of benzene rings is 2. The molecule has 0 atom stereocenters. The maximum absolute atomic E-state index is 6.52. The van der Waals surface area contributed by atoms with E-state index in [1.807, 2.05) is 60.4 Å². The number of rotatable bonds is 3. The molecule has 27 heavy (non-hydrogen) atoms. The van der Waals surface area contributed by atoms with Crippen LogP contribution >= 0.6 is 11.6 Å². The highest BCUT2D eigenvalue weighted by Crippen LogP contribution is 2.38. The van der Waals surface area contributed by atoms with Crippen molar-refractivity contribution in [3.63, 3.8) is 0 Å². The molecular formula is C20H15ClN4O2. The summed E-state index contributed by atoms with van der Waals surface area (Å²) in [5.41, 5.74) is 4.45. The Labute approximate surface area is 160 Å². The first-order chi connectivity index (χ1) is 13.2. The van der Waals surface area contributed by atoms with E-state index in [4.69, 9.17) is 20.8 Å². The summed E-state index contributed by atoms with van der Waals surface area (Å²) >= 11 is 6.52. The van der Waals surface area contributed by atoms with Crippen LogP contribution in [0, 0.1) is 0 Å². The lowest BCUT2D eigenvalue weighted by Crippen LogP contribution is -2.21. The predicted octanol–water partition coefficient (Wildman–Crippen LogP) is 5.14. The zero-order valence-corrected chi connectivity index (χ0v) is 15.2. The van der Waals surface area contributed by atoms with Gasteiger partial charge >= 0.3 is 0 Å². The summed E-state index contributed by atoms with van der Waals surface area (Å²) < 4.78 is 13.3. The van der Waals surface area contributed by atoms with Crippen LogP contribution in [-0.2, 0) is 7.05 Å². The number of aliphatic imine (C=N–C) groups is 1. The van der Waals surface area contributed by atoms with E-state index in [-0.39, 0.29) is 0 Å². The second-order valence-electron chi connectivity index (χ2n) is 6.25. The second-order valence-corrected chi connectivity index (χ2v) is 6.66. The van der Waals surface area contributed by atoms with Crippen molar-refractivity contribution in [1.29, 1.82) is 0 Å². The van der Waals surface area contributed by atoms with Crippen molar-refractivity contribution in [2.24, 2.45) is 12.0 Å². The lowest BCUT2D eigenvalue weighted by molar-refractivity contribution is 0.487. The number of aryl methyl sites for hydroxylation is 1. The maximum Gasteiger partial charge on any atom is 0.182 e. The highest BCUT2D eigenvalue weighted by atomic mass is 35.5. The monoisotopic (exact) mass is 378 g/mol. The molecule has 5 rings (SSSR count). The Morgan fingerprint density at radius 3 is 2.96 bits per heavy atom. The number of hydrogen-bond donors (Lipinski definition) is 0. The number of hydrogen-bond acceptors (Lipinski definition) is 5. The molecule has 134 valence electrons. The van der Waals surface area contributed by atoms with E-state index in [0.717, 1.165) is 17.1 Å². The lowest BCUT2D eigenvalue weighted by atomic mass is 10.2. The summed E-state index contributed by atoms with van der Waals surface area (Å²) in [6, 6.07) is 13.3. The molecule has 0 saturated carbocycles. The number of anilines is 2. The fourth-order valence-corrected chi connectivity index (χ4v) is 3.44. The number of ether oxygens (including phenoxy) is 1. The minimum Gasteiger partial charge on any atom is -0.453 e. The highest BCUT2D eigenvalue weighted by Gasteiger charge is 2.19. The molecule has 7 heteroatoms. The predicted molar refractivity (Wildman–Crippen MR) is 106 cm³/mol. The van der Waals surface area contributed by atoms with Gasteiger partial charge in [-0.15, -0.1) is 0 Å². The van der Waals surface area contributed by atoms with Crippen LogP contribution in [0.2, 0.25) is 5.02 Å². The minimum atomic E-state index is 0.514. The van der Waals surface area contributed by atoms with E-state index < -0.39 is 0 Å². The van der Waals surface area contributed by atoms with E-state index in [1.165, 1.54) is 6.39 Å². The molecule has 2 aromatic heterocycles. The first-order valence-corrected chi connectivity index (χ1v) is 8.81. The van der Waals surface area contributed by atoms with Gasteiger partial charge in [0.05, 0.1) is 16.4 Å². The van der Waals surface area contributed by atoms with Gasteiger partial charge in [-0.25, -0.2) is 4.98 Å². The Hall–Kier alpha value is -3.25. The number of fused-ring (bicyclic) bond motifs is 2. The molecule has 1 aliphatic rings. The van der Waals surface area contributed by atoms with Gasteiger partial charge in [-0.1, -0.05) is 17.7 Å². The molecule has 0 aliphatic carbocycles. The van der Waals surface area contributed by atoms with Gasteiger partial charge in [-0.3, -0.25) is 4.99 Å². The molecule has 2 aromatic carbocycles. The standard InChI is InChI=1S/C20H15ClN4O2/c1-24-8-7-15-16(24)10-22-11-25(15)13-5-6-17(14(21)9-13)27-19-4-2-3-18-20(19)23-12-26-18/h2-10,12H,11H2,1H3. The smallest absolute Gasteiger partial charge is 0.182 e. The van der Waals surface area contributed by atoms with Crippen molar-refractivity contribution in [3.05, 3.63) is 65.8 Å². The molecule has 3 heterocycles. The normalized spacial score (nSPS) is 13.2. The van der Waals surface area contributed by atoms with Crippen molar-refractivity contribution >= 4 is 40.3 Å². The minimum absolute atomic E-state index is 0.514. The summed E-state index contributed by atoms with van der Waals surface area (Å²) in [5.74, 6) is 1.16. The summed E-state index contributed by atoms with van der Waals surface area (Å²) in [4.78, 5) is 10.8. The average Bonchev–Trinajstić information content (AvgIpc) is 3.31. The molecule has 4 aromatic rings. The lowest BCUT2D eigenvalue weighted by Gasteiger charge is -2.26. The number of oxazole rings is 1. The molecule has 0 bridgehead atoms. The van der Waals surface area contributed by atoms with Gasteiger partial charge in [-0.05, 0) is 36.4 Å². The van der Waals surface area contributed by atoms with Crippen LogP contribution in [-0.4, -0.2) is 22.4 Å². The van der Waals surface area contributed by atoms with Crippen LogP contribution in [0.3, 0.4) is 0 Å². The Bertz CT molecular complexity index is 1180. The third kappa shape index (κ3) is 2.65. The number of para-hydroxylation sites is 1. The third-order valence-electron chi connectivity index (χ3n) is 4.60. The van der Waals surface area contributed by atoms with Gasteiger partial charge in [-0.2, -0.15) is 0 Å². The molecule has 0 saturated heterocycles. The molecule has 0 spiro atoms. The molecule has 0 unspecified atom stereocenters. The molecule has 6 nitrogen and oxygen atoms in total.